The molecule has 0 aromatic heterocycles. The molecule has 32 heteroatoms. The van der Waals surface area contributed by atoms with Gasteiger partial charge in [0.25, 0.3) is 0 Å². The zero-order valence-corrected chi connectivity index (χ0v) is 50.9. The topological polar surface area (TPSA) is 534 Å². The van der Waals surface area contributed by atoms with Crippen LogP contribution < -0.4 is 87.2 Å². The Morgan fingerprint density at radius 1 is 0.517 bits per heavy atom. The van der Waals surface area contributed by atoms with Crippen molar-refractivity contribution in [2.45, 2.75) is 186 Å². The second kappa shape index (κ2) is 38.9. The summed E-state index contributed by atoms with van der Waals surface area (Å²) in [4.78, 5) is 151. The number of rotatable bonds is 40. The number of phenolic OH excluding ortho intramolecular Hbond substituents is 1. The number of carboxylic acid groups (broad SMARTS) is 1. The molecule has 10 amide bonds. The van der Waals surface area contributed by atoms with Gasteiger partial charge in [0.15, 0.2) is 0 Å². The number of amides is 10. The number of likely N-dealkylation sites (tertiary alicyclic amines) is 1. The smallest absolute Gasteiger partial charge is 0.325 e. The number of hydrogen-bond donors (Lipinski definition) is 20. The Morgan fingerprint density at radius 2 is 0.874 bits per heavy atom. The van der Waals surface area contributed by atoms with Crippen LogP contribution in [0, 0.1) is 17.8 Å². The number of carboxylic acids is 1. The number of nitrogens with zero attached hydrogens (tertiary/aromatic N) is 1. The van der Waals surface area contributed by atoms with E-state index < -0.39 is 151 Å². The van der Waals surface area contributed by atoms with Gasteiger partial charge in [-0.05, 0) is 113 Å². The Labute approximate surface area is 507 Å². The summed E-state index contributed by atoms with van der Waals surface area (Å²) >= 11 is 0. The van der Waals surface area contributed by atoms with Gasteiger partial charge in [0.2, 0.25) is 59.1 Å². The number of hydrogen-bond acceptors (Lipinski definition) is 21. The van der Waals surface area contributed by atoms with Crippen molar-refractivity contribution < 1.29 is 73.2 Å². The van der Waals surface area contributed by atoms with Crippen molar-refractivity contribution in [3.63, 3.8) is 0 Å². The van der Waals surface area contributed by atoms with Gasteiger partial charge in [-0.25, -0.2) is 0 Å². The highest BCUT2D eigenvalue weighted by Gasteiger charge is 2.38. The normalized spacial score (nSPS) is 16.4. The summed E-state index contributed by atoms with van der Waals surface area (Å²) in [5, 5.41) is 68.4. The minimum absolute atomic E-state index is 0.0148. The summed E-state index contributed by atoms with van der Waals surface area (Å²) in [6.45, 7) is 10.1. The zero-order chi connectivity index (χ0) is 65.7. The molecule has 492 valence electrons. The Balaban J connectivity index is 2.40. The molecule has 25 N–H and O–H groups in total. The first kappa shape index (κ1) is 75.9. The molecule has 1 fully saturated rings. The lowest BCUT2D eigenvalue weighted by Crippen LogP contribution is -2.61. The molecule has 0 aliphatic carbocycles. The van der Waals surface area contributed by atoms with Crippen molar-refractivity contribution >= 4 is 65.0 Å². The molecular formula is C55H97N17O15. The van der Waals surface area contributed by atoms with Gasteiger partial charge in [-0.15, -0.1) is 0 Å². The molecule has 1 aliphatic heterocycles. The number of carbonyl (C=O) groups is 11. The van der Waals surface area contributed by atoms with E-state index in [1.165, 1.54) is 36.1 Å². The van der Waals surface area contributed by atoms with Crippen molar-refractivity contribution in [1.29, 1.82) is 0 Å². The molecule has 0 unspecified atom stereocenters. The molecule has 87 heavy (non-hydrogen) atoms. The molecule has 1 aromatic carbocycles. The second-order valence-corrected chi connectivity index (χ2v) is 22.9. The van der Waals surface area contributed by atoms with Crippen LogP contribution in [0.3, 0.4) is 0 Å². The van der Waals surface area contributed by atoms with E-state index in [-0.39, 0.29) is 94.5 Å². The summed E-state index contributed by atoms with van der Waals surface area (Å²) in [6.07, 6.45) is -0.849. The Morgan fingerprint density at radius 3 is 1.25 bits per heavy atom. The van der Waals surface area contributed by atoms with Gasteiger partial charge >= 0.3 is 5.97 Å². The van der Waals surface area contributed by atoms with Crippen LogP contribution in [-0.4, -0.2) is 203 Å². The highest BCUT2D eigenvalue weighted by molar-refractivity contribution is 5.99. The maximum absolute atomic E-state index is 14.4. The van der Waals surface area contributed by atoms with E-state index in [0.717, 1.165) is 0 Å². The molecule has 32 nitrogen and oxygen atoms in total. The molecule has 0 bridgehead atoms. The van der Waals surface area contributed by atoms with Crippen LogP contribution in [-0.2, 0) is 59.2 Å². The van der Waals surface area contributed by atoms with E-state index >= 15 is 0 Å². The SMILES string of the molecule is CC(C)C[C@H](NC(=O)[C@H](CC(C)C)NC(=O)[C@H](CCCNC(N)N)NC(=O)[C@H](CO)NC(=O)[C@H](CC(C)C)NC(=O)[C@H](CCCNC(N)N)NC(=O)[C@@H]1CCCN1C(=O)CN)C(=O)N[C@@H](CO)C(=O)N[C@@H](Cc1ccc(O)cc1)C(=O)N[C@@H](C)C(=O)O. The molecule has 10 atom stereocenters. The first-order valence-electron chi connectivity index (χ1n) is 29.4. The standard InChI is InChI=1S/C55H97N17O15/c1-28(2)21-36(47(80)68-38(23-30(5)6)49(82)71-41(27-74)51(84)69-39(46(79)63-31(7)53(86)87)24-32-14-16-33(75)17-15-32)66-44(77)34(11-8-18-61-54(57)58)64-50(83)40(26-73)70-48(81)37(22-29(3)4)67-45(78)35(12-9-19-62-55(59)60)65-52(85)42-13-10-20-72(42)43(76)25-56/h14-17,28-31,34-42,54-55,61-62,73-75H,8-13,18-27,56-60H2,1-7H3,(H,63,79)(H,64,83)(H,65,85)(H,66,77)(H,67,78)(H,68,80)(H,69,84)(H,70,81)(H,71,82)(H,86,87)/t31-,34-,35-,36-,37-,38-,39-,40-,41-,42-/m0/s1. The minimum atomic E-state index is -1.72. The van der Waals surface area contributed by atoms with E-state index in [4.69, 9.17) is 28.7 Å². The fourth-order valence-corrected chi connectivity index (χ4v) is 9.27. The van der Waals surface area contributed by atoms with Crippen molar-refractivity contribution in [3.8, 4) is 5.75 Å². The van der Waals surface area contributed by atoms with Crippen molar-refractivity contribution in [2.75, 3.05) is 39.4 Å². The Hall–Kier alpha value is -7.17. The van der Waals surface area contributed by atoms with Crippen LogP contribution in [0.2, 0.25) is 0 Å². The monoisotopic (exact) mass is 1240 g/mol. The first-order chi connectivity index (χ1) is 40.9. The number of nitrogens with one attached hydrogen (secondary N) is 11. The van der Waals surface area contributed by atoms with Crippen LogP contribution in [0.25, 0.3) is 0 Å². The summed E-state index contributed by atoms with van der Waals surface area (Å²) in [7, 11) is 0. The fraction of sp³-hybridized carbons (Fsp3) is 0.691. The molecule has 0 spiro atoms. The Bertz CT molecular complexity index is 2420. The number of aliphatic carboxylic acids is 1. The van der Waals surface area contributed by atoms with Gasteiger partial charge < -0.3 is 102 Å². The highest BCUT2D eigenvalue weighted by Crippen LogP contribution is 2.19. The van der Waals surface area contributed by atoms with Gasteiger partial charge in [0, 0.05) is 13.0 Å². The van der Waals surface area contributed by atoms with Crippen molar-refractivity contribution in [1.82, 2.24) is 63.4 Å². The third-order valence-electron chi connectivity index (χ3n) is 13.8. The van der Waals surface area contributed by atoms with Crippen molar-refractivity contribution in [3.05, 3.63) is 29.8 Å². The molecule has 1 saturated heterocycles. The molecule has 2 rings (SSSR count). The number of phenols is 1. The number of aliphatic hydroxyl groups excluding tert-OH is 2. The van der Waals surface area contributed by atoms with Gasteiger partial charge in [-0.3, -0.25) is 63.4 Å². The summed E-state index contributed by atoms with van der Waals surface area (Å²) in [6, 6.07) is -8.31. The van der Waals surface area contributed by atoms with Crippen LogP contribution in [0.4, 0.5) is 0 Å². The first-order valence-corrected chi connectivity index (χ1v) is 29.4. The maximum Gasteiger partial charge on any atom is 0.325 e. The van der Waals surface area contributed by atoms with Gasteiger partial charge in [-0.2, -0.15) is 0 Å². The largest absolute Gasteiger partial charge is 0.508 e. The van der Waals surface area contributed by atoms with E-state index in [9.17, 15) is 73.2 Å². The van der Waals surface area contributed by atoms with Crippen LogP contribution in [0.1, 0.15) is 112 Å². The van der Waals surface area contributed by atoms with Crippen LogP contribution in [0.15, 0.2) is 24.3 Å². The molecule has 1 aliphatic rings. The molecule has 1 aromatic rings. The lowest BCUT2D eigenvalue weighted by molar-refractivity contribution is -0.142. The number of nitrogens with two attached hydrogens (primary N) is 5. The number of carbonyl (C=O) groups excluding carboxylic acids is 10. The molecule has 0 radical (unpaired) electrons. The third-order valence-corrected chi connectivity index (χ3v) is 13.8. The van der Waals surface area contributed by atoms with Gasteiger partial charge in [0.1, 0.15) is 78.7 Å². The van der Waals surface area contributed by atoms with Crippen LogP contribution in [0.5, 0.6) is 5.75 Å². The van der Waals surface area contributed by atoms with Gasteiger partial charge in [0.05, 0.1) is 19.8 Å². The van der Waals surface area contributed by atoms with E-state index in [1.807, 2.05) is 0 Å². The number of aliphatic hydroxyl groups is 2. The average Bonchev–Trinajstić information content (AvgIpc) is 2.90. The molecular weight excluding hydrogens is 1140 g/mol. The average molecular weight is 1240 g/mol. The lowest BCUT2D eigenvalue weighted by Gasteiger charge is -2.29. The van der Waals surface area contributed by atoms with Gasteiger partial charge in [-0.1, -0.05) is 53.7 Å². The molecule has 0 saturated carbocycles. The second-order valence-electron chi connectivity index (χ2n) is 22.9. The fourth-order valence-electron chi connectivity index (χ4n) is 9.27. The zero-order valence-electron chi connectivity index (χ0n) is 50.9. The van der Waals surface area contributed by atoms with Crippen LogP contribution >= 0.6 is 0 Å². The summed E-state index contributed by atoms with van der Waals surface area (Å²) in [5.74, 6) is -10.7. The van der Waals surface area contributed by atoms with Crippen molar-refractivity contribution in [2.24, 2.45) is 46.4 Å². The Kier molecular flexibility index (Phi) is 33.9. The number of aromatic hydroxyl groups is 1. The number of benzene rings is 1. The highest BCUT2D eigenvalue weighted by atomic mass is 16.4. The maximum atomic E-state index is 14.4. The van der Waals surface area contributed by atoms with E-state index in [2.05, 4.69) is 58.5 Å². The minimum Gasteiger partial charge on any atom is -0.508 e. The quantitative estimate of drug-likeness (QED) is 0.0215. The predicted molar refractivity (Wildman–Crippen MR) is 318 cm³/mol. The summed E-state index contributed by atoms with van der Waals surface area (Å²) in [5.41, 5.74) is 28.6. The third kappa shape index (κ3) is 28.0. The van der Waals surface area contributed by atoms with E-state index in [1.54, 1.807) is 41.5 Å². The molecule has 1 heterocycles. The summed E-state index contributed by atoms with van der Waals surface area (Å²) < 4.78 is 0. The lowest BCUT2D eigenvalue weighted by atomic mass is 9.99. The van der Waals surface area contributed by atoms with E-state index in [0.29, 0.717) is 24.9 Å². The predicted octanol–water partition coefficient (Wildman–Crippen LogP) is -6.38.